The van der Waals surface area contributed by atoms with Gasteiger partial charge < -0.3 is 9.53 Å². The summed E-state index contributed by atoms with van der Waals surface area (Å²) in [6.45, 7) is 11.0. The quantitative estimate of drug-likeness (QED) is 0.634. The zero-order valence-corrected chi connectivity index (χ0v) is 15.4. The van der Waals surface area contributed by atoms with Gasteiger partial charge in [0.2, 0.25) is 8.32 Å². The zero-order valence-electron chi connectivity index (χ0n) is 14.4. The molecular weight excluding hydrogens is 304 g/mol. The summed E-state index contributed by atoms with van der Waals surface area (Å²) in [7, 11) is -1.87. The van der Waals surface area contributed by atoms with E-state index in [1.54, 1.807) is 24.3 Å². The van der Waals surface area contributed by atoms with Crippen LogP contribution in [0.25, 0.3) is 0 Å². The summed E-state index contributed by atoms with van der Waals surface area (Å²) in [5.41, 5.74) is 1.17. The molecule has 2 aromatic rings. The first kappa shape index (κ1) is 17.3. The number of hydrogen-bond acceptors (Lipinski definition) is 3. The molecular formula is C19H24O3Si. The second kappa shape index (κ2) is 6.20. The summed E-state index contributed by atoms with van der Waals surface area (Å²) in [5, 5.41) is 9.43. The number of hydrogen-bond donors (Lipinski definition) is 1. The van der Waals surface area contributed by atoms with Crippen molar-refractivity contribution in [2.75, 3.05) is 0 Å². The number of benzene rings is 2. The molecule has 0 aliphatic carbocycles. The topological polar surface area (TPSA) is 46.5 Å². The number of ketones is 1. The Morgan fingerprint density at radius 2 is 1.35 bits per heavy atom. The van der Waals surface area contributed by atoms with E-state index in [9.17, 15) is 9.90 Å². The van der Waals surface area contributed by atoms with Crippen molar-refractivity contribution in [2.24, 2.45) is 0 Å². The molecule has 122 valence electrons. The monoisotopic (exact) mass is 328 g/mol. The maximum Gasteiger partial charge on any atom is 0.250 e. The second-order valence-electron chi connectivity index (χ2n) is 7.26. The number of aromatic hydroxyl groups is 1. The van der Waals surface area contributed by atoms with E-state index in [0.29, 0.717) is 11.1 Å². The van der Waals surface area contributed by atoms with Crippen LogP contribution in [0.4, 0.5) is 0 Å². The number of phenols is 1. The van der Waals surface area contributed by atoms with E-state index in [4.69, 9.17) is 4.43 Å². The highest BCUT2D eigenvalue weighted by atomic mass is 28.4. The average molecular weight is 328 g/mol. The molecule has 0 heterocycles. The third-order valence-electron chi connectivity index (χ3n) is 4.43. The molecule has 0 saturated carbocycles. The van der Waals surface area contributed by atoms with Crippen molar-refractivity contribution in [3.05, 3.63) is 59.7 Å². The summed E-state index contributed by atoms with van der Waals surface area (Å²) in [4.78, 5) is 12.4. The molecule has 2 aromatic carbocycles. The molecule has 0 aliphatic heterocycles. The Kier molecular flexibility index (Phi) is 4.66. The van der Waals surface area contributed by atoms with E-state index in [1.165, 1.54) is 12.1 Å². The lowest BCUT2D eigenvalue weighted by Crippen LogP contribution is -2.43. The fourth-order valence-corrected chi connectivity index (χ4v) is 2.93. The van der Waals surface area contributed by atoms with Crippen molar-refractivity contribution in [1.82, 2.24) is 0 Å². The van der Waals surface area contributed by atoms with Crippen LogP contribution >= 0.6 is 0 Å². The SMILES string of the molecule is CC(C)(C)[Si](C)(C)Oc1ccc(C(=O)c2ccc(O)cc2)cc1. The van der Waals surface area contributed by atoms with Gasteiger partial charge in [-0.1, -0.05) is 20.8 Å². The minimum Gasteiger partial charge on any atom is -0.544 e. The average Bonchev–Trinajstić information content (AvgIpc) is 2.46. The van der Waals surface area contributed by atoms with Gasteiger partial charge in [0.15, 0.2) is 5.78 Å². The van der Waals surface area contributed by atoms with Gasteiger partial charge >= 0.3 is 0 Å². The van der Waals surface area contributed by atoms with Crippen LogP contribution in [0.5, 0.6) is 11.5 Å². The van der Waals surface area contributed by atoms with E-state index in [0.717, 1.165) is 5.75 Å². The summed E-state index contributed by atoms with van der Waals surface area (Å²) < 4.78 is 6.22. The highest BCUT2D eigenvalue weighted by Crippen LogP contribution is 2.37. The standard InChI is InChI=1S/C19H24O3Si/c1-19(2,3)23(4,5)22-17-12-8-15(9-13-17)18(21)14-6-10-16(20)11-7-14/h6-13,20H,1-5H3. The van der Waals surface area contributed by atoms with Gasteiger partial charge in [0, 0.05) is 11.1 Å². The van der Waals surface area contributed by atoms with Gasteiger partial charge in [0.1, 0.15) is 11.5 Å². The normalized spacial score (nSPS) is 12.0. The third kappa shape index (κ3) is 4.02. The van der Waals surface area contributed by atoms with Crippen LogP contribution in [0.3, 0.4) is 0 Å². The van der Waals surface area contributed by atoms with E-state index < -0.39 is 8.32 Å². The zero-order chi connectivity index (χ0) is 17.3. The first-order valence-electron chi connectivity index (χ1n) is 7.73. The Morgan fingerprint density at radius 3 is 1.78 bits per heavy atom. The molecule has 0 spiro atoms. The Morgan fingerprint density at radius 1 is 0.913 bits per heavy atom. The van der Waals surface area contributed by atoms with Gasteiger partial charge in [-0.2, -0.15) is 0 Å². The highest BCUT2D eigenvalue weighted by molar-refractivity contribution is 6.74. The van der Waals surface area contributed by atoms with Gasteiger partial charge in [-0.05, 0) is 66.7 Å². The first-order chi connectivity index (χ1) is 10.6. The summed E-state index contributed by atoms with van der Waals surface area (Å²) in [6.07, 6.45) is 0. The minimum absolute atomic E-state index is 0.0659. The van der Waals surface area contributed by atoms with E-state index in [-0.39, 0.29) is 16.6 Å². The molecule has 0 aliphatic rings. The largest absolute Gasteiger partial charge is 0.544 e. The molecule has 23 heavy (non-hydrogen) atoms. The number of carbonyl (C=O) groups excluding carboxylic acids is 1. The van der Waals surface area contributed by atoms with Crippen molar-refractivity contribution in [2.45, 2.75) is 38.9 Å². The summed E-state index contributed by atoms with van der Waals surface area (Å²) in [5.74, 6) is 0.891. The summed E-state index contributed by atoms with van der Waals surface area (Å²) in [6, 6.07) is 13.6. The van der Waals surface area contributed by atoms with Crippen LogP contribution in [-0.4, -0.2) is 19.2 Å². The highest BCUT2D eigenvalue weighted by Gasteiger charge is 2.38. The molecule has 0 bridgehead atoms. The van der Waals surface area contributed by atoms with E-state index in [1.807, 2.05) is 12.1 Å². The Balaban J connectivity index is 2.16. The maximum absolute atomic E-state index is 12.4. The maximum atomic E-state index is 12.4. The predicted octanol–water partition coefficient (Wildman–Crippen LogP) is 5.01. The Bertz CT molecular complexity index is 680. The molecule has 0 saturated heterocycles. The van der Waals surface area contributed by atoms with E-state index in [2.05, 4.69) is 33.9 Å². The van der Waals surface area contributed by atoms with Crippen molar-refractivity contribution in [1.29, 1.82) is 0 Å². The molecule has 0 amide bonds. The minimum atomic E-state index is -1.87. The van der Waals surface area contributed by atoms with E-state index >= 15 is 0 Å². The molecule has 3 nitrogen and oxygen atoms in total. The number of rotatable bonds is 4. The Labute approximate surface area is 139 Å². The van der Waals surface area contributed by atoms with Crippen LogP contribution < -0.4 is 4.43 Å². The third-order valence-corrected chi connectivity index (χ3v) is 8.78. The lowest BCUT2D eigenvalue weighted by molar-refractivity contribution is 0.103. The van der Waals surface area contributed by atoms with Gasteiger partial charge in [0.05, 0.1) is 0 Å². The van der Waals surface area contributed by atoms with Crippen LogP contribution in [0, 0.1) is 0 Å². The molecule has 4 heteroatoms. The molecule has 0 atom stereocenters. The van der Waals surface area contributed by atoms with Gasteiger partial charge in [-0.25, -0.2) is 0 Å². The molecule has 0 unspecified atom stereocenters. The lowest BCUT2D eigenvalue weighted by atomic mass is 10.0. The Hall–Kier alpha value is -2.07. The van der Waals surface area contributed by atoms with Crippen LogP contribution in [0.2, 0.25) is 18.1 Å². The number of carbonyl (C=O) groups is 1. The predicted molar refractivity (Wildman–Crippen MR) is 95.8 cm³/mol. The molecule has 0 fully saturated rings. The van der Waals surface area contributed by atoms with Gasteiger partial charge in [-0.3, -0.25) is 4.79 Å². The van der Waals surface area contributed by atoms with Gasteiger partial charge in [0.25, 0.3) is 0 Å². The van der Waals surface area contributed by atoms with Crippen LogP contribution in [0.1, 0.15) is 36.7 Å². The molecule has 0 aromatic heterocycles. The number of phenolic OH excluding ortho intramolecular Hbond substituents is 1. The van der Waals surface area contributed by atoms with Crippen molar-refractivity contribution >= 4 is 14.1 Å². The molecule has 1 N–H and O–H groups in total. The fraction of sp³-hybridized carbons (Fsp3) is 0.316. The van der Waals surface area contributed by atoms with Crippen molar-refractivity contribution in [3.63, 3.8) is 0 Å². The first-order valence-corrected chi connectivity index (χ1v) is 10.6. The molecule has 2 rings (SSSR count). The van der Waals surface area contributed by atoms with Crippen LogP contribution in [0.15, 0.2) is 48.5 Å². The van der Waals surface area contributed by atoms with Crippen molar-refractivity contribution < 1.29 is 14.3 Å². The van der Waals surface area contributed by atoms with Crippen LogP contribution in [-0.2, 0) is 0 Å². The smallest absolute Gasteiger partial charge is 0.250 e. The van der Waals surface area contributed by atoms with Crippen molar-refractivity contribution in [3.8, 4) is 11.5 Å². The lowest BCUT2D eigenvalue weighted by Gasteiger charge is -2.36. The fourth-order valence-electron chi connectivity index (χ4n) is 1.90. The summed E-state index contributed by atoms with van der Waals surface area (Å²) >= 11 is 0. The van der Waals surface area contributed by atoms with Gasteiger partial charge in [-0.15, -0.1) is 0 Å². The molecule has 0 radical (unpaired) electrons. The second-order valence-corrected chi connectivity index (χ2v) is 12.0.